The molecule has 6 nitrogen and oxygen atoms in total. The van der Waals surface area contributed by atoms with Crippen molar-refractivity contribution in [2.24, 2.45) is 16.1 Å². The van der Waals surface area contributed by atoms with Gasteiger partial charge in [-0.15, -0.1) is 5.11 Å². The van der Waals surface area contributed by atoms with Crippen molar-refractivity contribution < 1.29 is 0 Å². The average Bonchev–Trinajstić information content (AvgIpc) is 2.40. The molecule has 1 heterocycles. The Morgan fingerprint density at radius 1 is 1.11 bits per heavy atom. The number of pyridine rings is 1. The lowest BCUT2D eigenvalue weighted by molar-refractivity contribution is 1.12. The molecule has 90 valence electrons. The molecule has 0 spiro atoms. The highest BCUT2D eigenvalue weighted by molar-refractivity contribution is 5.95. The molecule has 0 unspecified atom stereocenters. The molecule has 0 amide bonds. The van der Waals surface area contributed by atoms with Gasteiger partial charge >= 0.3 is 0 Å². The lowest BCUT2D eigenvalue weighted by atomic mass is 10.2. The summed E-state index contributed by atoms with van der Waals surface area (Å²) >= 11 is 0. The Bertz CT molecular complexity index is 547. The van der Waals surface area contributed by atoms with Gasteiger partial charge in [0.1, 0.15) is 5.84 Å². The van der Waals surface area contributed by atoms with Gasteiger partial charge in [-0.25, -0.2) is 0 Å². The zero-order chi connectivity index (χ0) is 12.8. The van der Waals surface area contributed by atoms with Crippen LogP contribution in [0.5, 0.6) is 0 Å². The zero-order valence-electron chi connectivity index (χ0n) is 9.54. The average molecular weight is 240 g/mol. The van der Waals surface area contributed by atoms with Crippen LogP contribution < -0.4 is 11.2 Å². The second kappa shape index (κ2) is 5.53. The smallest absolute Gasteiger partial charge is 0.122 e. The number of anilines is 1. The number of nitrogens with zero attached hydrogens (tertiary/aromatic N) is 3. The van der Waals surface area contributed by atoms with Crippen LogP contribution in [0, 0.1) is 5.41 Å². The minimum Gasteiger partial charge on any atom is -0.384 e. The third-order valence-corrected chi connectivity index (χ3v) is 2.20. The molecule has 2 rings (SSSR count). The van der Waals surface area contributed by atoms with E-state index in [1.807, 2.05) is 0 Å². The fourth-order valence-corrected chi connectivity index (χ4v) is 1.28. The van der Waals surface area contributed by atoms with E-state index >= 15 is 0 Å². The van der Waals surface area contributed by atoms with E-state index in [9.17, 15) is 0 Å². The Kier molecular flexibility index (Phi) is 3.60. The molecular weight excluding hydrogens is 228 g/mol. The van der Waals surface area contributed by atoms with Gasteiger partial charge in [0.05, 0.1) is 11.4 Å². The summed E-state index contributed by atoms with van der Waals surface area (Å²) in [5, 5.41) is 15.1. The van der Waals surface area contributed by atoms with Gasteiger partial charge in [0, 0.05) is 18.0 Å². The maximum Gasteiger partial charge on any atom is 0.122 e. The SMILES string of the molecule is N=C(N)c1ccc(NN=Nc2ccncc2)cc1. The van der Waals surface area contributed by atoms with Crippen LogP contribution in [0.1, 0.15) is 5.56 Å². The van der Waals surface area contributed by atoms with Crippen molar-refractivity contribution in [1.82, 2.24) is 4.98 Å². The fourth-order valence-electron chi connectivity index (χ4n) is 1.28. The van der Waals surface area contributed by atoms with E-state index in [0.717, 1.165) is 11.4 Å². The summed E-state index contributed by atoms with van der Waals surface area (Å²) in [6.07, 6.45) is 3.30. The van der Waals surface area contributed by atoms with Crippen molar-refractivity contribution in [3.63, 3.8) is 0 Å². The first-order valence-electron chi connectivity index (χ1n) is 5.27. The second-order valence-electron chi connectivity index (χ2n) is 3.51. The predicted octanol–water partition coefficient (Wildman–Crippen LogP) is 2.48. The number of hydrogen-bond acceptors (Lipinski definition) is 4. The molecule has 0 saturated heterocycles. The Labute approximate surface area is 104 Å². The topological polar surface area (TPSA) is 99.5 Å². The van der Waals surface area contributed by atoms with Crippen LogP contribution in [0.25, 0.3) is 0 Å². The highest BCUT2D eigenvalue weighted by atomic mass is 15.4. The lowest BCUT2D eigenvalue weighted by Gasteiger charge is -2.01. The summed E-state index contributed by atoms with van der Waals surface area (Å²) < 4.78 is 0. The number of hydrogen-bond donors (Lipinski definition) is 3. The van der Waals surface area contributed by atoms with E-state index in [4.69, 9.17) is 11.1 Å². The van der Waals surface area contributed by atoms with Crippen molar-refractivity contribution >= 4 is 17.2 Å². The van der Waals surface area contributed by atoms with Gasteiger partial charge in [-0.2, -0.15) is 0 Å². The Balaban J connectivity index is 1.98. The molecule has 0 aliphatic rings. The molecule has 1 aromatic heterocycles. The number of nitrogens with two attached hydrogens (primary N) is 1. The van der Waals surface area contributed by atoms with Gasteiger partial charge in [-0.1, -0.05) is 5.22 Å². The maximum atomic E-state index is 7.27. The summed E-state index contributed by atoms with van der Waals surface area (Å²) in [5.41, 5.74) is 10.3. The van der Waals surface area contributed by atoms with E-state index in [2.05, 4.69) is 20.7 Å². The fraction of sp³-hybridized carbons (Fsp3) is 0. The van der Waals surface area contributed by atoms with Gasteiger partial charge in [0.25, 0.3) is 0 Å². The van der Waals surface area contributed by atoms with Gasteiger partial charge < -0.3 is 5.73 Å². The van der Waals surface area contributed by atoms with Crippen molar-refractivity contribution in [1.29, 1.82) is 5.41 Å². The number of nitrogens with one attached hydrogen (secondary N) is 2. The number of nitrogen functional groups attached to an aromatic ring is 1. The van der Waals surface area contributed by atoms with Gasteiger partial charge in [0.15, 0.2) is 0 Å². The van der Waals surface area contributed by atoms with Crippen molar-refractivity contribution in [2.45, 2.75) is 0 Å². The molecule has 0 aliphatic heterocycles. The first kappa shape index (κ1) is 11.7. The molecule has 0 bridgehead atoms. The van der Waals surface area contributed by atoms with E-state index in [1.54, 1.807) is 48.8 Å². The molecule has 0 fully saturated rings. The quantitative estimate of drug-likeness (QED) is 0.331. The van der Waals surface area contributed by atoms with E-state index < -0.39 is 0 Å². The second-order valence-corrected chi connectivity index (χ2v) is 3.51. The monoisotopic (exact) mass is 240 g/mol. The van der Waals surface area contributed by atoms with E-state index in [1.165, 1.54) is 0 Å². The molecule has 0 saturated carbocycles. The first-order valence-corrected chi connectivity index (χ1v) is 5.27. The molecule has 4 N–H and O–H groups in total. The molecule has 18 heavy (non-hydrogen) atoms. The minimum atomic E-state index is 0.0416. The molecule has 0 atom stereocenters. The summed E-state index contributed by atoms with van der Waals surface area (Å²) in [7, 11) is 0. The third kappa shape index (κ3) is 3.11. The van der Waals surface area contributed by atoms with Gasteiger partial charge in [-0.05, 0) is 36.4 Å². The molecule has 2 aromatic rings. The summed E-state index contributed by atoms with van der Waals surface area (Å²) in [4.78, 5) is 3.88. The summed E-state index contributed by atoms with van der Waals surface area (Å²) in [6.45, 7) is 0. The van der Waals surface area contributed by atoms with Crippen molar-refractivity contribution in [2.75, 3.05) is 5.43 Å². The lowest BCUT2D eigenvalue weighted by Crippen LogP contribution is -2.10. The first-order chi connectivity index (χ1) is 8.75. The summed E-state index contributed by atoms with van der Waals surface area (Å²) in [6, 6.07) is 10.6. The van der Waals surface area contributed by atoms with E-state index in [0.29, 0.717) is 5.56 Å². The van der Waals surface area contributed by atoms with Crippen molar-refractivity contribution in [3.8, 4) is 0 Å². The zero-order valence-corrected chi connectivity index (χ0v) is 9.54. The van der Waals surface area contributed by atoms with Crippen LogP contribution in [0.2, 0.25) is 0 Å². The van der Waals surface area contributed by atoms with Crippen LogP contribution in [0.15, 0.2) is 59.1 Å². The van der Waals surface area contributed by atoms with Crippen LogP contribution in [0.4, 0.5) is 11.4 Å². The largest absolute Gasteiger partial charge is 0.384 e. The predicted molar refractivity (Wildman–Crippen MR) is 69.8 cm³/mol. The third-order valence-electron chi connectivity index (χ3n) is 2.20. The van der Waals surface area contributed by atoms with E-state index in [-0.39, 0.29) is 5.84 Å². The highest BCUT2D eigenvalue weighted by Crippen LogP contribution is 2.12. The number of amidine groups is 1. The molecular formula is C12H12N6. The van der Waals surface area contributed by atoms with Gasteiger partial charge in [-0.3, -0.25) is 15.8 Å². The van der Waals surface area contributed by atoms with Crippen LogP contribution in [-0.2, 0) is 0 Å². The number of aromatic nitrogens is 1. The molecule has 6 heteroatoms. The number of rotatable bonds is 4. The number of benzene rings is 1. The van der Waals surface area contributed by atoms with Crippen LogP contribution in [-0.4, -0.2) is 10.8 Å². The van der Waals surface area contributed by atoms with Crippen LogP contribution >= 0.6 is 0 Å². The minimum absolute atomic E-state index is 0.0416. The van der Waals surface area contributed by atoms with Gasteiger partial charge in [0.2, 0.25) is 0 Å². The normalized spacial score (nSPS) is 10.4. The molecule has 0 radical (unpaired) electrons. The summed E-state index contributed by atoms with van der Waals surface area (Å²) in [5.74, 6) is 0.0416. The molecule has 1 aromatic carbocycles. The van der Waals surface area contributed by atoms with Crippen LogP contribution in [0.3, 0.4) is 0 Å². The Hall–Kier alpha value is -2.76. The Morgan fingerprint density at radius 3 is 2.39 bits per heavy atom. The molecule has 0 aliphatic carbocycles. The highest BCUT2D eigenvalue weighted by Gasteiger charge is 1.95. The maximum absolute atomic E-state index is 7.27. The van der Waals surface area contributed by atoms with Crippen molar-refractivity contribution in [3.05, 3.63) is 54.4 Å². The standard InChI is InChI=1S/C12H12N6/c13-12(14)9-1-3-10(4-2-9)16-18-17-11-5-7-15-8-6-11/h1-8H,(H3,13,14)(H,15,16,17). The Morgan fingerprint density at radius 2 is 1.78 bits per heavy atom.